The van der Waals surface area contributed by atoms with Crippen molar-refractivity contribution in [2.75, 3.05) is 20.2 Å². The van der Waals surface area contributed by atoms with Crippen LogP contribution in [0.3, 0.4) is 0 Å². The van der Waals surface area contributed by atoms with E-state index in [2.05, 4.69) is 30.9 Å². The van der Waals surface area contributed by atoms with Crippen LogP contribution in [0.25, 0.3) is 0 Å². The fraction of sp³-hybridized carbons (Fsp3) is 0.600. The van der Waals surface area contributed by atoms with Gasteiger partial charge in [0, 0.05) is 6.54 Å². The maximum Gasteiger partial charge on any atom is 0.118 e. The lowest BCUT2D eigenvalue weighted by molar-refractivity contribution is 0.127. The van der Waals surface area contributed by atoms with Crippen LogP contribution in [-0.4, -0.2) is 25.1 Å². The lowest BCUT2D eigenvalue weighted by Crippen LogP contribution is -2.36. The van der Waals surface area contributed by atoms with Crippen LogP contribution < -0.4 is 4.74 Å². The number of rotatable bonds is 3. The predicted octanol–water partition coefficient (Wildman–Crippen LogP) is 3.32. The lowest BCUT2D eigenvalue weighted by atomic mass is 9.82. The first-order chi connectivity index (χ1) is 8.09. The SMILES string of the molecule is COc1ccc(CN2CCC(C)(C)CC2)cc1. The Morgan fingerprint density at radius 2 is 1.71 bits per heavy atom. The molecule has 1 aliphatic heterocycles. The number of hydrogen-bond acceptors (Lipinski definition) is 2. The number of hydrogen-bond donors (Lipinski definition) is 0. The molecule has 0 bridgehead atoms. The fourth-order valence-corrected chi connectivity index (χ4v) is 2.31. The average molecular weight is 233 g/mol. The van der Waals surface area contributed by atoms with Gasteiger partial charge >= 0.3 is 0 Å². The topological polar surface area (TPSA) is 12.5 Å². The summed E-state index contributed by atoms with van der Waals surface area (Å²) in [6.07, 6.45) is 2.62. The zero-order valence-electron chi connectivity index (χ0n) is 11.2. The van der Waals surface area contributed by atoms with Crippen molar-refractivity contribution in [2.45, 2.75) is 33.2 Å². The molecule has 0 aromatic heterocycles. The highest BCUT2D eigenvalue weighted by Gasteiger charge is 2.24. The van der Waals surface area contributed by atoms with Gasteiger partial charge in [0.15, 0.2) is 0 Å². The lowest BCUT2D eigenvalue weighted by Gasteiger charge is -2.36. The highest BCUT2D eigenvalue weighted by Crippen LogP contribution is 2.30. The molecule has 0 atom stereocenters. The van der Waals surface area contributed by atoms with E-state index in [1.807, 2.05) is 12.1 Å². The van der Waals surface area contributed by atoms with Crippen LogP contribution >= 0.6 is 0 Å². The molecule has 2 heteroatoms. The smallest absolute Gasteiger partial charge is 0.118 e. The number of likely N-dealkylation sites (tertiary alicyclic amines) is 1. The van der Waals surface area contributed by atoms with E-state index in [0.29, 0.717) is 5.41 Å². The van der Waals surface area contributed by atoms with E-state index >= 15 is 0 Å². The summed E-state index contributed by atoms with van der Waals surface area (Å²) in [4.78, 5) is 2.55. The van der Waals surface area contributed by atoms with Crippen molar-refractivity contribution in [3.8, 4) is 5.75 Å². The van der Waals surface area contributed by atoms with Gasteiger partial charge in [-0.1, -0.05) is 26.0 Å². The number of ether oxygens (including phenoxy) is 1. The average Bonchev–Trinajstić information content (AvgIpc) is 2.33. The summed E-state index contributed by atoms with van der Waals surface area (Å²) in [7, 11) is 1.71. The van der Waals surface area contributed by atoms with Crippen molar-refractivity contribution in [1.82, 2.24) is 4.90 Å². The summed E-state index contributed by atoms with van der Waals surface area (Å²) in [5.41, 5.74) is 1.92. The number of nitrogens with zero attached hydrogens (tertiary/aromatic N) is 1. The molecule has 94 valence electrons. The van der Waals surface area contributed by atoms with Crippen LogP contribution in [-0.2, 0) is 6.54 Å². The standard InChI is InChI=1S/C15H23NO/c1-15(2)8-10-16(11-9-15)12-13-4-6-14(17-3)7-5-13/h4-7H,8-12H2,1-3H3. The van der Waals surface area contributed by atoms with Gasteiger partial charge in [-0.2, -0.15) is 0 Å². The first-order valence-corrected chi connectivity index (χ1v) is 6.44. The summed E-state index contributed by atoms with van der Waals surface area (Å²) in [5.74, 6) is 0.938. The van der Waals surface area contributed by atoms with Crippen molar-refractivity contribution in [3.63, 3.8) is 0 Å². The highest BCUT2D eigenvalue weighted by molar-refractivity contribution is 5.27. The number of piperidine rings is 1. The van der Waals surface area contributed by atoms with E-state index < -0.39 is 0 Å². The molecule has 0 spiro atoms. The zero-order valence-corrected chi connectivity index (χ0v) is 11.2. The second-order valence-corrected chi connectivity index (χ2v) is 5.79. The minimum atomic E-state index is 0.538. The Morgan fingerprint density at radius 1 is 1.12 bits per heavy atom. The van der Waals surface area contributed by atoms with E-state index in [1.54, 1.807) is 7.11 Å². The molecule has 1 aromatic carbocycles. The van der Waals surface area contributed by atoms with Crippen molar-refractivity contribution in [1.29, 1.82) is 0 Å². The molecule has 0 radical (unpaired) electrons. The fourth-order valence-electron chi connectivity index (χ4n) is 2.31. The van der Waals surface area contributed by atoms with Gasteiger partial charge in [0.2, 0.25) is 0 Å². The quantitative estimate of drug-likeness (QED) is 0.794. The minimum Gasteiger partial charge on any atom is -0.497 e. The summed E-state index contributed by atoms with van der Waals surface area (Å²) in [6.45, 7) is 8.26. The van der Waals surface area contributed by atoms with E-state index in [9.17, 15) is 0 Å². The third kappa shape index (κ3) is 3.47. The monoisotopic (exact) mass is 233 g/mol. The largest absolute Gasteiger partial charge is 0.497 e. The molecular formula is C15H23NO. The van der Waals surface area contributed by atoms with Crippen LogP contribution in [0.15, 0.2) is 24.3 Å². The predicted molar refractivity (Wildman–Crippen MR) is 71.3 cm³/mol. The second-order valence-electron chi connectivity index (χ2n) is 5.79. The minimum absolute atomic E-state index is 0.538. The summed E-state index contributed by atoms with van der Waals surface area (Å²) in [6, 6.07) is 8.42. The van der Waals surface area contributed by atoms with E-state index in [0.717, 1.165) is 12.3 Å². The van der Waals surface area contributed by atoms with Crippen LogP contribution in [0.1, 0.15) is 32.3 Å². The van der Waals surface area contributed by atoms with Gasteiger partial charge in [-0.25, -0.2) is 0 Å². The summed E-state index contributed by atoms with van der Waals surface area (Å²) < 4.78 is 5.17. The molecule has 2 nitrogen and oxygen atoms in total. The Bertz CT molecular complexity index is 346. The van der Waals surface area contributed by atoms with E-state index in [1.165, 1.54) is 31.5 Å². The zero-order chi connectivity index (χ0) is 12.3. The van der Waals surface area contributed by atoms with Crippen molar-refractivity contribution in [2.24, 2.45) is 5.41 Å². The molecule has 17 heavy (non-hydrogen) atoms. The van der Waals surface area contributed by atoms with Gasteiger partial charge in [-0.3, -0.25) is 4.90 Å². The third-order valence-corrected chi connectivity index (χ3v) is 3.77. The van der Waals surface area contributed by atoms with Gasteiger partial charge in [-0.05, 0) is 49.0 Å². The molecule has 0 unspecified atom stereocenters. The molecule has 1 heterocycles. The molecule has 1 aliphatic rings. The molecule has 0 N–H and O–H groups in total. The molecule has 1 fully saturated rings. The van der Waals surface area contributed by atoms with Crippen LogP contribution in [0, 0.1) is 5.41 Å². The van der Waals surface area contributed by atoms with Gasteiger partial charge in [0.1, 0.15) is 5.75 Å². The summed E-state index contributed by atoms with van der Waals surface area (Å²) in [5, 5.41) is 0. The molecular weight excluding hydrogens is 210 g/mol. The number of methoxy groups -OCH3 is 1. The Balaban J connectivity index is 1.89. The first kappa shape index (κ1) is 12.4. The normalized spacial score (nSPS) is 20.2. The summed E-state index contributed by atoms with van der Waals surface area (Å²) >= 11 is 0. The van der Waals surface area contributed by atoms with E-state index in [4.69, 9.17) is 4.74 Å². The van der Waals surface area contributed by atoms with E-state index in [-0.39, 0.29) is 0 Å². The maximum atomic E-state index is 5.17. The molecule has 1 saturated heterocycles. The van der Waals surface area contributed by atoms with Crippen LogP contribution in [0.5, 0.6) is 5.75 Å². The Kier molecular flexibility index (Phi) is 3.72. The maximum absolute atomic E-state index is 5.17. The Labute approximate surface area is 105 Å². The first-order valence-electron chi connectivity index (χ1n) is 6.44. The van der Waals surface area contributed by atoms with Crippen molar-refractivity contribution >= 4 is 0 Å². The third-order valence-electron chi connectivity index (χ3n) is 3.77. The molecule has 1 aromatic rings. The second kappa shape index (κ2) is 5.09. The van der Waals surface area contributed by atoms with Crippen molar-refractivity contribution in [3.05, 3.63) is 29.8 Å². The van der Waals surface area contributed by atoms with Crippen LogP contribution in [0.4, 0.5) is 0 Å². The highest BCUT2D eigenvalue weighted by atomic mass is 16.5. The Morgan fingerprint density at radius 3 is 2.24 bits per heavy atom. The van der Waals surface area contributed by atoms with Gasteiger partial charge in [0.05, 0.1) is 7.11 Å². The van der Waals surface area contributed by atoms with Crippen LogP contribution in [0.2, 0.25) is 0 Å². The molecule has 0 saturated carbocycles. The van der Waals surface area contributed by atoms with Gasteiger partial charge in [-0.15, -0.1) is 0 Å². The molecule has 2 rings (SSSR count). The molecule has 0 aliphatic carbocycles. The molecule has 0 amide bonds. The Hall–Kier alpha value is -1.02. The van der Waals surface area contributed by atoms with Gasteiger partial charge in [0.25, 0.3) is 0 Å². The van der Waals surface area contributed by atoms with Gasteiger partial charge < -0.3 is 4.74 Å². The number of benzene rings is 1. The van der Waals surface area contributed by atoms with Crippen molar-refractivity contribution < 1.29 is 4.74 Å².